The highest BCUT2D eigenvalue weighted by Crippen LogP contribution is 2.06. The molecule has 0 saturated heterocycles. The summed E-state index contributed by atoms with van der Waals surface area (Å²) in [6.07, 6.45) is 3.53. The first-order valence-electron chi connectivity index (χ1n) is 4.79. The van der Waals surface area contributed by atoms with Gasteiger partial charge in [0, 0.05) is 23.8 Å². The largest absolute Gasteiger partial charge is 0.307 e. The Hall–Kier alpha value is -0.480. The fraction of sp³-hybridized carbons (Fsp3) is 0.600. The van der Waals surface area contributed by atoms with Gasteiger partial charge in [-0.1, -0.05) is 22.9 Å². The van der Waals surface area contributed by atoms with E-state index in [0.29, 0.717) is 12.0 Å². The topological polar surface area (TPSA) is 37.8 Å². The number of halogens is 1. The van der Waals surface area contributed by atoms with Crippen LogP contribution in [0.5, 0.6) is 0 Å². The molecule has 1 N–H and O–H groups in total. The molecule has 0 aromatic carbocycles. The van der Waals surface area contributed by atoms with Crippen molar-refractivity contribution in [2.45, 2.75) is 26.4 Å². The molecule has 2 atom stereocenters. The standard InChI is InChI=1S/C10H16BrN3/c1-8(6-11)9(2)14-7-10-12-4-3-5-13-10/h3-5,8-9,14H,6-7H2,1-2H3. The highest BCUT2D eigenvalue weighted by molar-refractivity contribution is 9.09. The van der Waals surface area contributed by atoms with E-state index in [0.717, 1.165) is 17.7 Å². The predicted octanol–water partition coefficient (Wildman–Crippen LogP) is 1.99. The van der Waals surface area contributed by atoms with E-state index < -0.39 is 0 Å². The summed E-state index contributed by atoms with van der Waals surface area (Å²) >= 11 is 3.47. The predicted molar refractivity (Wildman–Crippen MR) is 61.3 cm³/mol. The molecule has 0 amide bonds. The van der Waals surface area contributed by atoms with Crippen LogP contribution in [-0.2, 0) is 6.54 Å². The number of nitrogens with one attached hydrogen (secondary N) is 1. The minimum absolute atomic E-state index is 0.471. The number of alkyl halides is 1. The van der Waals surface area contributed by atoms with Gasteiger partial charge in [-0.2, -0.15) is 0 Å². The maximum absolute atomic E-state index is 4.15. The third-order valence-corrected chi connectivity index (χ3v) is 3.32. The Morgan fingerprint density at radius 3 is 2.57 bits per heavy atom. The zero-order chi connectivity index (χ0) is 10.4. The fourth-order valence-electron chi connectivity index (χ4n) is 1.01. The van der Waals surface area contributed by atoms with Gasteiger partial charge in [0.25, 0.3) is 0 Å². The van der Waals surface area contributed by atoms with E-state index in [1.807, 2.05) is 6.07 Å². The molecule has 0 aliphatic heterocycles. The number of hydrogen-bond donors (Lipinski definition) is 1. The second-order valence-corrected chi connectivity index (χ2v) is 4.11. The summed E-state index contributed by atoms with van der Waals surface area (Å²) in [7, 11) is 0. The number of aromatic nitrogens is 2. The van der Waals surface area contributed by atoms with Crippen molar-refractivity contribution in [1.82, 2.24) is 15.3 Å². The summed E-state index contributed by atoms with van der Waals surface area (Å²) < 4.78 is 0. The Balaban J connectivity index is 2.34. The summed E-state index contributed by atoms with van der Waals surface area (Å²) in [5.74, 6) is 1.46. The average molecular weight is 258 g/mol. The minimum atomic E-state index is 0.471. The molecule has 1 rings (SSSR count). The molecule has 0 aliphatic carbocycles. The van der Waals surface area contributed by atoms with Gasteiger partial charge >= 0.3 is 0 Å². The molecule has 1 aromatic heterocycles. The molecule has 0 bridgehead atoms. The molecule has 14 heavy (non-hydrogen) atoms. The van der Waals surface area contributed by atoms with Gasteiger partial charge in [0.2, 0.25) is 0 Å². The maximum atomic E-state index is 4.15. The van der Waals surface area contributed by atoms with E-state index in [1.54, 1.807) is 12.4 Å². The second-order valence-electron chi connectivity index (χ2n) is 3.47. The molecular weight excluding hydrogens is 242 g/mol. The Morgan fingerprint density at radius 2 is 2.00 bits per heavy atom. The molecule has 78 valence electrons. The monoisotopic (exact) mass is 257 g/mol. The molecule has 1 aromatic rings. The Kier molecular flexibility index (Phi) is 5.04. The van der Waals surface area contributed by atoms with Crippen molar-refractivity contribution in [3.63, 3.8) is 0 Å². The molecule has 0 aliphatic rings. The van der Waals surface area contributed by atoms with Gasteiger partial charge in [0.1, 0.15) is 5.82 Å². The van der Waals surface area contributed by atoms with Crippen LogP contribution in [-0.4, -0.2) is 21.3 Å². The van der Waals surface area contributed by atoms with Crippen LogP contribution >= 0.6 is 15.9 Å². The van der Waals surface area contributed by atoms with Crippen molar-refractivity contribution in [3.05, 3.63) is 24.3 Å². The number of rotatable bonds is 5. The van der Waals surface area contributed by atoms with E-state index in [-0.39, 0.29) is 0 Å². The van der Waals surface area contributed by atoms with Crippen molar-refractivity contribution >= 4 is 15.9 Å². The van der Waals surface area contributed by atoms with Crippen molar-refractivity contribution < 1.29 is 0 Å². The van der Waals surface area contributed by atoms with Gasteiger partial charge in [-0.05, 0) is 18.9 Å². The summed E-state index contributed by atoms with van der Waals surface area (Å²) in [5.41, 5.74) is 0. The molecule has 4 heteroatoms. The highest BCUT2D eigenvalue weighted by atomic mass is 79.9. The van der Waals surface area contributed by atoms with Crippen LogP contribution in [0.3, 0.4) is 0 Å². The van der Waals surface area contributed by atoms with Crippen LogP contribution in [0.4, 0.5) is 0 Å². The molecule has 0 saturated carbocycles. The summed E-state index contributed by atoms with van der Waals surface area (Å²) in [5, 5.41) is 4.41. The van der Waals surface area contributed by atoms with E-state index in [2.05, 4.69) is 45.1 Å². The third kappa shape index (κ3) is 3.72. The molecule has 2 unspecified atom stereocenters. The average Bonchev–Trinajstić information content (AvgIpc) is 2.26. The lowest BCUT2D eigenvalue weighted by Crippen LogP contribution is -2.32. The van der Waals surface area contributed by atoms with E-state index >= 15 is 0 Å². The van der Waals surface area contributed by atoms with Gasteiger partial charge in [0.05, 0.1) is 6.54 Å². The first-order valence-corrected chi connectivity index (χ1v) is 5.91. The first-order chi connectivity index (χ1) is 6.74. The second kappa shape index (κ2) is 6.09. The fourth-order valence-corrected chi connectivity index (χ4v) is 1.57. The molecular formula is C10H16BrN3. The van der Waals surface area contributed by atoms with E-state index in [9.17, 15) is 0 Å². The maximum Gasteiger partial charge on any atom is 0.141 e. The normalized spacial score (nSPS) is 15.1. The Labute approximate surface area is 93.5 Å². The lowest BCUT2D eigenvalue weighted by molar-refractivity contribution is 0.428. The van der Waals surface area contributed by atoms with Crippen LogP contribution in [0, 0.1) is 5.92 Å². The summed E-state index contributed by atoms with van der Waals surface area (Å²) in [6.45, 7) is 5.12. The zero-order valence-corrected chi connectivity index (χ0v) is 10.2. The van der Waals surface area contributed by atoms with Crippen LogP contribution in [0.1, 0.15) is 19.7 Å². The molecule has 1 heterocycles. The van der Waals surface area contributed by atoms with Crippen LogP contribution in [0.15, 0.2) is 18.5 Å². The quantitative estimate of drug-likeness (QED) is 0.821. The van der Waals surface area contributed by atoms with Gasteiger partial charge < -0.3 is 5.32 Å². The van der Waals surface area contributed by atoms with Crippen LogP contribution < -0.4 is 5.32 Å². The first kappa shape index (κ1) is 11.6. The van der Waals surface area contributed by atoms with Crippen molar-refractivity contribution in [3.8, 4) is 0 Å². The van der Waals surface area contributed by atoms with Gasteiger partial charge in [-0.25, -0.2) is 9.97 Å². The van der Waals surface area contributed by atoms with Gasteiger partial charge in [-0.15, -0.1) is 0 Å². The van der Waals surface area contributed by atoms with Crippen LogP contribution in [0.2, 0.25) is 0 Å². The van der Waals surface area contributed by atoms with Crippen molar-refractivity contribution in [1.29, 1.82) is 0 Å². The Bertz CT molecular complexity index is 253. The summed E-state index contributed by atoms with van der Waals surface area (Å²) in [6, 6.07) is 2.30. The molecule has 0 fully saturated rings. The SMILES string of the molecule is CC(CBr)C(C)NCc1ncccn1. The third-order valence-electron chi connectivity index (χ3n) is 2.30. The lowest BCUT2D eigenvalue weighted by Gasteiger charge is -2.18. The van der Waals surface area contributed by atoms with E-state index in [1.165, 1.54) is 0 Å². The van der Waals surface area contributed by atoms with Gasteiger partial charge in [-0.3, -0.25) is 0 Å². The number of nitrogens with zero attached hydrogens (tertiary/aromatic N) is 2. The van der Waals surface area contributed by atoms with Crippen molar-refractivity contribution in [2.75, 3.05) is 5.33 Å². The Morgan fingerprint density at radius 1 is 1.36 bits per heavy atom. The smallest absolute Gasteiger partial charge is 0.141 e. The lowest BCUT2D eigenvalue weighted by atomic mass is 10.1. The molecule has 3 nitrogen and oxygen atoms in total. The van der Waals surface area contributed by atoms with Crippen molar-refractivity contribution in [2.24, 2.45) is 5.92 Å². The highest BCUT2D eigenvalue weighted by Gasteiger charge is 2.09. The van der Waals surface area contributed by atoms with Gasteiger partial charge in [0.15, 0.2) is 0 Å². The van der Waals surface area contributed by atoms with E-state index in [4.69, 9.17) is 0 Å². The molecule has 0 radical (unpaired) electrons. The zero-order valence-electron chi connectivity index (χ0n) is 8.57. The molecule has 0 spiro atoms. The number of hydrogen-bond acceptors (Lipinski definition) is 3. The minimum Gasteiger partial charge on any atom is -0.307 e. The van der Waals surface area contributed by atoms with Crippen LogP contribution in [0.25, 0.3) is 0 Å². The summed E-state index contributed by atoms with van der Waals surface area (Å²) in [4.78, 5) is 8.30.